The van der Waals surface area contributed by atoms with Crippen molar-refractivity contribution in [3.8, 4) is 5.75 Å². The highest BCUT2D eigenvalue weighted by Gasteiger charge is 2.26. The van der Waals surface area contributed by atoms with Crippen molar-refractivity contribution in [2.45, 2.75) is 44.0 Å². The zero-order chi connectivity index (χ0) is 17.0. The number of methoxy groups -OCH3 is 1. The Morgan fingerprint density at radius 1 is 1.26 bits per heavy atom. The number of sulfonamides is 1. The summed E-state index contributed by atoms with van der Waals surface area (Å²) in [5.74, 6) is 0.458. The molecule has 0 radical (unpaired) electrons. The third-order valence-corrected chi connectivity index (χ3v) is 5.59. The molecule has 0 unspecified atom stereocenters. The van der Waals surface area contributed by atoms with Crippen molar-refractivity contribution < 1.29 is 17.9 Å². The summed E-state index contributed by atoms with van der Waals surface area (Å²) in [5, 5.41) is 0. The van der Waals surface area contributed by atoms with Gasteiger partial charge in [0.15, 0.2) is 0 Å². The Morgan fingerprint density at radius 2 is 1.91 bits per heavy atom. The number of carbonyl (C=O) groups excluding carboxylic acids is 1. The van der Waals surface area contributed by atoms with Crippen LogP contribution in [0.5, 0.6) is 5.75 Å². The molecule has 0 aromatic heterocycles. The SMILES string of the molecule is COc1ccc(S(=O)(=O)N[C@H](C)C(=O)N2CCCCC2)cc1C. The van der Waals surface area contributed by atoms with Crippen LogP contribution in [0, 0.1) is 6.92 Å². The van der Waals surface area contributed by atoms with Crippen molar-refractivity contribution >= 4 is 15.9 Å². The topological polar surface area (TPSA) is 75.7 Å². The Labute approximate surface area is 137 Å². The van der Waals surface area contributed by atoms with Crippen LogP contribution in [0.4, 0.5) is 0 Å². The van der Waals surface area contributed by atoms with Crippen LogP contribution in [0.3, 0.4) is 0 Å². The van der Waals surface area contributed by atoms with Gasteiger partial charge in [-0.2, -0.15) is 4.72 Å². The van der Waals surface area contributed by atoms with Crippen molar-refractivity contribution in [3.63, 3.8) is 0 Å². The van der Waals surface area contributed by atoms with Crippen molar-refractivity contribution in [3.05, 3.63) is 23.8 Å². The van der Waals surface area contributed by atoms with Crippen LogP contribution in [0.25, 0.3) is 0 Å². The van der Waals surface area contributed by atoms with E-state index in [4.69, 9.17) is 4.74 Å². The van der Waals surface area contributed by atoms with E-state index in [1.54, 1.807) is 30.9 Å². The first kappa shape index (κ1) is 17.7. The van der Waals surface area contributed by atoms with Gasteiger partial charge in [0.2, 0.25) is 15.9 Å². The lowest BCUT2D eigenvalue weighted by Gasteiger charge is -2.29. The van der Waals surface area contributed by atoms with Gasteiger partial charge in [0.25, 0.3) is 0 Å². The zero-order valence-corrected chi connectivity index (χ0v) is 14.6. The van der Waals surface area contributed by atoms with E-state index in [-0.39, 0.29) is 10.8 Å². The lowest BCUT2D eigenvalue weighted by Crippen LogP contribution is -2.48. The Balaban J connectivity index is 2.10. The molecule has 1 atom stereocenters. The predicted octanol–water partition coefficient (Wildman–Crippen LogP) is 1.68. The summed E-state index contributed by atoms with van der Waals surface area (Å²) in [6.45, 7) is 4.77. The van der Waals surface area contributed by atoms with Gasteiger partial charge in [-0.25, -0.2) is 8.42 Å². The van der Waals surface area contributed by atoms with E-state index in [9.17, 15) is 13.2 Å². The summed E-state index contributed by atoms with van der Waals surface area (Å²) in [7, 11) is -2.21. The number of carbonyl (C=O) groups is 1. The first-order chi connectivity index (χ1) is 10.8. The highest BCUT2D eigenvalue weighted by atomic mass is 32.2. The smallest absolute Gasteiger partial charge is 0.241 e. The van der Waals surface area contributed by atoms with Crippen molar-refractivity contribution in [1.82, 2.24) is 9.62 Å². The van der Waals surface area contributed by atoms with Gasteiger partial charge >= 0.3 is 0 Å². The minimum absolute atomic E-state index is 0.133. The maximum atomic E-state index is 12.5. The van der Waals surface area contributed by atoms with E-state index in [1.165, 1.54) is 13.2 Å². The lowest BCUT2D eigenvalue weighted by molar-refractivity contribution is -0.133. The third-order valence-electron chi connectivity index (χ3n) is 4.05. The van der Waals surface area contributed by atoms with Crippen molar-refractivity contribution in [2.75, 3.05) is 20.2 Å². The third kappa shape index (κ3) is 4.23. The molecule has 1 saturated heterocycles. The normalized spacial score (nSPS) is 16.9. The number of benzene rings is 1. The maximum Gasteiger partial charge on any atom is 0.241 e. The fourth-order valence-electron chi connectivity index (χ4n) is 2.76. The lowest BCUT2D eigenvalue weighted by atomic mass is 10.1. The van der Waals surface area contributed by atoms with Crippen LogP contribution in [0.2, 0.25) is 0 Å². The molecule has 128 valence electrons. The molecule has 1 aliphatic rings. The summed E-state index contributed by atoms with van der Waals surface area (Å²) in [5.41, 5.74) is 0.727. The molecular weight excluding hydrogens is 316 g/mol. The van der Waals surface area contributed by atoms with Crippen LogP contribution in [0.15, 0.2) is 23.1 Å². The van der Waals surface area contributed by atoms with Crippen molar-refractivity contribution in [1.29, 1.82) is 0 Å². The molecule has 23 heavy (non-hydrogen) atoms. The molecule has 6 nitrogen and oxygen atoms in total. The number of aryl methyl sites for hydroxylation is 1. The molecule has 0 bridgehead atoms. The van der Waals surface area contributed by atoms with Gasteiger partial charge < -0.3 is 9.64 Å². The number of hydrogen-bond donors (Lipinski definition) is 1. The second-order valence-electron chi connectivity index (χ2n) is 5.86. The largest absolute Gasteiger partial charge is 0.496 e. The molecule has 1 heterocycles. The Kier molecular flexibility index (Phi) is 5.64. The number of likely N-dealkylation sites (tertiary alicyclic amines) is 1. The van der Waals surface area contributed by atoms with Crippen LogP contribution < -0.4 is 9.46 Å². The average Bonchev–Trinajstić information content (AvgIpc) is 2.54. The molecule has 2 rings (SSSR count). The first-order valence-corrected chi connectivity index (χ1v) is 9.29. The summed E-state index contributed by atoms with van der Waals surface area (Å²) in [6.07, 6.45) is 3.07. The number of rotatable bonds is 5. The van der Waals surface area contributed by atoms with E-state index < -0.39 is 16.1 Å². The monoisotopic (exact) mass is 340 g/mol. The number of hydrogen-bond acceptors (Lipinski definition) is 4. The zero-order valence-electron chi connectivity index (χ0n) is 13.8. The maximum absolute atomic E-state index is 12.5. The van der Waals surface area contributed by atoms with Crippen molar-refractivity contribution in [2.24, 2.45) is 0 Å². The molecule has 1 aromatic carbocycles. The van der Waals surface area contributed by atoms with E-state index in [1.807, 2.05) is 0 Å². The summed E-state index contributed by atoms with van der Waals surface area (Å²) in [6, 6.07) is 3.85. The number of amides is 1. The first-order valence-electron chi connectivity index (χ1n) is 7.81. The van der Waals surface area contributed by atoms with Crippen LogP contribution >= 0.6 is 0 Å². The predicted molar refractivity (Wildman–Crippen MR) is 87.9 cm³/mol. The van der Waals surface area contributed by atoms with Gasteiger partial charge in [0.05, 0.1) is 18.0 Å². The minimum atomic E-state index is -3.74. The van der Waals surface area contributed by atoms with E-state index in [2.05, 4.69) is 4.72 Å². The van der Waals surface area contributed by atoms with Crippen LogP contribution in [-0.4, -0.2) is 45.5 Å². The number of ether oxygens (including phenoxy) is 1. The second-order valence-corrected chi connectivity index (χ2v) is 7.57. The minimum Gasteiger partial charge on any atom is -0.496 e. The molecule has 1 amide bonds. The van der Waals surface area contributed by atoms with Gasteiger partial charge in [-0.15, -0.1) is 0 Å². The van der Waals surface area contributed by atoms with E-state index in [0.29, 0.717) is 18.8 Å². The Bertz CT molecular complexity index is 667. The van der Waals surface area contributed by atoms with E-state index >= 15 is 0 Å². The molecule has 1 aromatic rings. The van der Waals surface area contributed by atoms with Gasteiger partial charge in [0, 0.05) is 13.1 Å². The van der Waals surface area contributed by atoms with Crippen LogP contribution in [-0.2, 0) is 14.8 Å². The van der Waals surface area contributed by atoms with Gasteiger partial charge in [-0.3, -0.25) is 4.79 Å². The molecule has 0 spiro atoms. The summed E-state index contributed by atoms with van der Waals surface area (Å²) >= 11 is 0. The summed E-state index contributed by atoms with van der Waals surface area (Å²) < 4.78 is 32.5. The highest BCUT2D eigenvalue weighted by Crippen LogP contribution is 2.21. The fraction of sp³-hybridized carbons (Fsp3) is 0.562. The number of piperidine rings is 1. The van der Waals surface area contributed by atoms with Gasteiger partial charge in [-0.1, -0.05) is 0 Å². The molecule has 1 fully saturated rings. The molecule has 7 heteroatoms. The molecule has 0 saturated carbocycles. The highest BCUT2D eigenvalue weighted by molar-refractivity contribution is 7.89. The average molecular weight is 340 g/mol. The molecule has 1 aliphatic heterocycles. The summed E-state index contributed by atoms with van der Waals surface area (Å²) in [4.78, 5) is 14.2. The quantitative estimate of drug-likeness (QED) is 0.885. The van der Waals surface area contributed by atoms with Crippen LogP contribution in [0.1, 0.15) is 31.7 Å². The fourth-order valence-corrected chi connectivity index (χ4v) is 4.04. The van der Waals surface area contributed by atoms with E-state index in [0.717, 1.165) is 24.8 Å². The van der Waals surface area contributed by atoms with Gasteiger partial charge in [0.1, 0.15) is 5.75 Å². The number of nitrogens with one attached hydrogen (secondary N) is 1. The molecule has 1 N–H and O–H groups in total. The Hall–Kier alpha value is -1.60. The molecular formula is C16H24N2O4S. The Morgan fingerprint density at radius 3 is 2.48 bits per heavy atom. The van der Waals surface area contributed by atoms with Gasteiger partial charge in [-0.05, 0) is 56.9 Å². The number of nitrogens with zero attached hydrogens (tertiary/aromatic N) is 1. The molecule has 0 aliphatic carbocycles. The second kappa shape index (κ2) is 7.31. The standard InChI is InChI=1S/C16H24N2O4S/c1-12-11-14(7-8-15(12)22-3)23(20,21)17-13(2)16(19)18-9-5-4-6-10-18/h7-8,11,13,17H,4-6,9-10H2,1-3H3/t13-/m1/s1.